The van der Waals surface area contributed by atoms with Gasteiger partial charge >= 0.3 is 0 Å². The molecule has 2 amide bonds. The van der Waals surface area contributed by atoms with Gasteiger partial charge in [-0.25, -0.2) is 4.99 Å². The molecule has 0 aliphatic carbocycles. The number of carbonyl (C=O) groups excluding carboxylic acids is 2. The number of methoxy groups -OCH3 is 1. The molecule has 0 radical (unpaired) electrons. The second-order valence-electron chi connectivity index (χ2n) is 9.10. The number of para-hydroxylation sites is 1. The van der Waals surface area contributed by atoms with Crippen molar-refractivity contribution >= 4 is 24.2 Å². The van der Waals surface area contributed by atoms with E-state index in [1.165, 1.54) is 9.96 Å². The number of carbonyl (C=O) groups is 2. The van der Waals surface area contributed by atoms with Gasteiger partial charge in [0.1, 0.15) is 11.8 Å². The third kappa shape index (κ3) is 5.41. The van der Waals surface area contributed by atoms with E-state index >= 15 is 0 Å². The highest BCUT2D eigenvalue weighted by Gasteiger charge is 2.46. The number of hydroxylamine groups is 2. The fraction of sp³-hybridized carbons (Fsp3) is 0.423. The molecule has 0 spiro atoms. The lowest BCUT2D eigenvalue weighted by molar-refractivity contribution is -0.172. The fourth-order valence-corrected chi connectivity index (χ4v) is 4.46. The number of aliphatic hydroxyl groups is 1. The van der Waals surface area contributed by atoms with Crippen molar-refractivity contribution in [2.75, 3.05) is 53.4 Å². The largest absolute Gasteiger partial charge is 0.496 e. The van der Waals surface area contributed by atoms with Gasteiger partial charge in [0.05, 0.1) is 26.4 Å². The second-order valence-corrected chi connectivity index (χ2v) is 9.10. The molecule has 10 nitrogen and oxygen atoms in total. The molecule has 2 aromatic carbocycles. The lowest BCUT2D eigenvalue weighted by Gasteiger charge is -2.24. The Balaban J connectivity index is 2.07. The predicted molar refractivity (Wildman–Crippen MR) is 139 cm³/mol. The summed E-state index contributed by atoms with van der Waals surface area (Å²) in [4.78, 5) is 38.3. The Morgan fingerprint density at radius 2 is 1.94 bits per heavy atom. The maximum absolute atomic E-state index is 12.8. The van der Waals surface area contributed by atoms with E-state index in [-0.39, 0.29) is 25.6 Å². The topological polar surface area (TPSA) is 121 Å². The van der Waals surface area contributed by atoms with Crippen LogP contribution < -0.4 is 15.4 Å². The number of benzene rings is 2. The van der Waals surface area contributed by atoms with Gasteiger partial charge in [-0.3, -0.25) is 14.4 Å². The lowest BCUT2D eigenvalue weighted by Crippen LogP contribution is -2.40. The number of rotatable bonds is 9. The van der Waals surface area contributed by atoms with E-state index in [9.17, 15) is 14.7 Å². The van der Waals surface area contributed by atoms with E-state index in [0.29, 0.717) is 11.3 Å². The number of hydrogen-bond donors (Lipinski definition) is 2. The van der Waals surface area contributed by atoms with Gasteiger partial charge in [0.25, 0.3) is 11.8 Å². The molecule has 1 fully saturated rings. The first-order chi connectivity index (χ1) is 17.2. The second kappa shape index (κ2) is 11.6. The Hall–Kier alpha value is -3.31. The van der Waals surface area contributed by atoms with Crippen LogP contribution in [0.3, 0.4) is 0 Å². The highest BCUT2D eigenvalue weighted by molar-refractivity contribution is 5.97. The number of aliphatic imine (C=N–C) groups is 1. The van der Waals surface area contributed by atoms with Crippen molar-refractivity contribution < 1.29 is 24.3 Å². The molecule has 3 atom stereocenters. The van der Waals surface area contributed by atoms with Crippen LogP contribution in [0.25, 0.3) is 11.1 Å². The Morgan fingerprint density at radius 3 is 2.50 bits per heavy atom. The van der Waals surface area contributed by atoms with Crippen LogP contribution in [-0.4, -0.2) is 94.2 Å². The van der Waals surface area contributed by atoms with Crippen LogP contribution in [0.4, 0.5) is 5.69 Å². The van der Waals surface area contributed by atoms with Crippen LogP contribution in [0.1, 0.15) is 15.9 Å². The minimum absolute atomic E-state index is 0.110. The van der Waals surface area contributed by atoms with Crippen LogP contribution in [0, 0.1) is 5.92 Å². The Kier molecular flexibility index (Phi) is 8.80. The summed E-state index contributed by atoms with van der Waals surface area (Å²) in [5.41, 5.74) is 9.59. The zero-order chi connectivity index (χ0) is 26.6. The summed E-state index contributed by atoms with van der Waals surface area (Å²) in [6, 6.07) is 10.5. The summed E-state index contributed by atoms with van der Waals surface area (Å²) in [5.74, 6) is -0.555. The molecule has 2 aromatic rings. The van der Waals surface area contributed by atoms with Gasteiger partial charge in [-0.2, -0.15) is 5.06 Å². The molecule has 1 aliphatic rings. The van der Waals surface area contributed by atoms with Crippen LogP contribution in [0.5, 0.6) is 5.75 Å². The number of anilines is 1. The molecule has 10 heteroatoms. The van der Waals surface area contributed by atoms with Crippen LogP contribution >= 0.6 is 0 Å². The number of aliphatic hydroxyl groups excluding tert-OH is 1. The van der Waals surface area contributed by atoms with Crippen molar-refractivity contribution in [3.63, 3.8) is 0 Å². The summed E-state index contributed by atoms with van der Waals surface area (Å²) in [6.07, 6.45) is -0.531. The average molecular weight is 498 g/mol. The van der Waals surface area contributed by atoms with Gasteiger partial charge in [0.2, 0.25) is 0 Å². The first kappa shape index (κ1) is 27.3. The van der Waals surface area contributed by atoms with Crippen molar-refractivity contribution in [1.29, 1.82) is 0 Å². The standard InChI is InChI=1S/C26H35N5O5/c1-28-25(33)23-21(15-32)22(13-27)36-31(23)14-16-8-7-9-20(24(16)35-6)17-10-18(26(34)30(4)5)12-19(11-17)29(2)3/h7-12,21-23,32H,1,13-15,27H2,2-6H3/t21?,22-,23?/m0/s1. The number of nitrogens with two attached hydrogens (primary N) is 1. The van der Waals surface area contributed by atoms with Gasteiger partial charge < -0.3 is 25.4 Å². The highest BCUT2D eigenvalue weighted by atomic mass is 16.7. The maximum atomic E-state index is 12.8. The summed E-state index contributed by atoms with van der Waals surface area (Å²) in [7, 11) is 8.83. The van der Waals surface area contributed by atoms with E-state index in [1.54, 1.807) is 21.2 Å². The fourth-order valence-electron chi connectivity index (χ4n) is 4.46. The Labute approximate surface area is 211 Å². The zero-order valence-electron chi connectivity index (χ0n) is 21.5. The van der Waals surface area contributed by atoms with Gasteiger partial charge in [-0.05, 0) is 30.5 Å². The molecule has 1 aliphatic heterocycles. The van der Waals surface area contributed by atoms with Crippen molar-refractivity contribution in [1.82, 2.24) is 9.96 Å². The molecule has 3 rings (SSSR count). The molecular formula is C26H35N5O5. The first-order valence-electron chi connectivity index (χ1n) is 11.6. The van der Waals surface area contributed by atoms with Gasteiger partial charge in [0, 0.05) is 63.0 Å². The summed E-state index contributed by atoms with van der Waals surface area (Å²) in [5, 5.41) is 11.4. The monoisotopic (exact) mass is 497 g/mol. The van der Waals surface area contributed by atoms with Crippen molar-refractivity contribution in [2.24, 2.45) is 16.6 Å². The van der Waals surface area contributed by atoms with Gasteiger partial charge in [-0.15, -0.1) is 0 Å². The first-order valence-corrected chi connectivity index (χ1v) is 11.6. The molecule has 1 heterocycles. The van der Waals surface area contributed by atoms with Crippen LogP contribution in [-0.2, 0) is 16.2 Å². The summed E-state index contributed by atoms with van der Waals surface area (Å²) >= 11 is 0. The van der Waals surface area contributed by atoms with Gasteiger partial charge in [-0.1, -0.05) is 18.2 Å². The molecule has 0 bridgehead atoms. The minimum atomic E-state index is -0.823. The summed E-state index contributed by atoms with van der Waals surface area (Å²) in [6.45, 7) is 3.41. The molecule has 36 heavy (non-hydrogen) atoms. The quantitative estimate of drug-likeness (QED) is 0.499. The number of amides is 2. The number of hydrogen-bond acceptors (Lipinski definition) is 8. The molecule has 3 N–H and O–H groups in total. The smallest absolute Gasteiger partial charge is 0.265 e. The third-order valence-electron chi connectivity index (χ3n) is 6.34. The predicted octanol–water partition coefficient (Wildman–Crippen LogP) is 1.41. The van der Waals surface area contributed by atoms with Gasteiger partial charge in [0.15, 0.2) is 0 Å². The molecule has 0 saturated carbocycles. The van der Waals surface area contributed by atoms with E-state index in [1.807, 2.05) is 55.4 Å². The van der Waals surface area contributed by atoms with E-state index in [2.05, 4.69) is 11.7 Å². The molecule has 1 saturated heterocycles. The zero-order valence-corrected chi connectivity index (χ0v) is 21.5. The van der Waals surface area contributed by atoms with Crippen molar-refractivity contribution in [3.8, 4) is 16.9 Å². The van der Waals surface area contributed by atoms with Crippen molar-refractivity contribution in [3.05, 3.63) is 47.5 Å². The Bertz CT molecular complexity index is 1120. The van der Waals surface area contributed by atoms with E-state index in [4.69, 9.17) is 15.3 Å². The molecule has 2 unspecified atom stereocenters. The Morgan fingerprint density at radius 1 is 1.22 bits per heavy atom. The lowest BCUT2D eigenvalue weighted by atomic mass is 9.94. The molecule has 194 valence electrons. The number of nitrogens with zero attached hydrogens (tertiary/aromatic N) is 4. The molecular weight excluding hydrogens is 462 g/mol. The van der Waals surface area contributed by atoms with Crippen LogP contribution in [0.15, 0.2) is 41.4 Å². The van der Waals surface area contributed by atoms with E-state index < -0.39 is 24.0 Å². The third-order valence-corrected chi connectivity index (χ3v) is 6.34. The number of ether oxygens (including phenoxy) is 1. The van der Waals surface area contributed by atoms with Crippen LogP contribution in [0.2, 0.25) is 0 Å². The SMILES string of the molecule is C=NC(=O)C1C(CO)[C@H](CN)ON1Cc1cccc(-c2cc(C(=O)N(C)C)cc(N(C)C)c2)c1OC. The van der Waals surface area contributed by atoms with Crippen molar-refractivity contribution in [2.45, 2.75) is 18.7 Å². The summed E-state index contributed by atoms with van der Waals surface area (Å²) < 4.78 is 5.83. The van der Waals surface area contributed by atoms with E-state index in [0.717, 1.165) is 22.4 Å². The average Bonchev–Trinajstić information content (AvgIpc) is 3.24. The molecule has 0 aromatic heterocycles. The highest BCUT2D eigenvalue weighted by Crippen LogP contribution is 2.38. The minimum Gasteiger partial charge on any atom is -0.496 e. The maximum Gasteiger partial charge on any atom is 0.265 e. The normalized spacial score (nSPS) is 19.7.